The molecule has 0 aromatic heterocycles. The van der Waals surface area contributed by atoms with E-state index in [1.54, 1.807) is 12.1 Å². The highest BCUT2D eigenvalue weighted by Crippen LogP contribution is 2.25. The summed E-state index contributed by atoms with van der Waals surface area (Å²) >= 11 is 5.37. The molecule has 0 aliphatic heterocycles. The van der Waals surface area contributed by atoms with Crippen LogP contribution in [-0.2, 0) is 6.61 Å². The van der Waals surface area contributed by atoms with Crippen LogP contribution < -0.4 is 4.74 Å². The quantitative estimate of drug-likeness (QED) is 0.699. The summed E-state index contributed by atoms with van der Waals surface area (Å²) in [6, 6.07) is 8.96. The average molecular weight is 451 g/mol. The fourth-order valence-corrected chi connectivity index (χ4v) is 2.41. The lowest BCUT2D eigenvalue weighted by Gasteiger charge is -2.10. The highest BCUT2D eigenvalue weighted by Gasteiger charge is 2.09. The zero-order valence-corrected chi connectivity index (χ0v) is 13.8. The summed E-state index contributed by atoms with van der Waals surface area (Å²) in [4.78, 5) is 10.9. The molecule has 2 aromatic carbocycles. The van der Waals surface area contributed by atoms with Crippen molar-refractivity contribution in [1.29, 1.82) is 0 Å². The van der Waals surface area contributed by atoms with E-state index in [9.17, 15) is 9.18 Å². The predicted molar refractivity (Wildman–Crippen MR) is 84.6 cm³/mol. The van der Waals surface area contributed by atoms with E-state index in [1.165, 1.54) is 24.3 Å². The van der Waals surface area contributed by atoms with Gasteiger partial charge in [-0.25, -0.2) is 9.18 Å². The van der Waals surface area contributed by atoms with Gasteiger partial charge in [0.25, 0.3) is 0 Å². The SMILES string of the molecule is O=C(O)c1ccc(I)c(OCc2cc(F)ccc2Br)c1. The summed E-state index contributed by atoms with van der Waals surface area (Å²) in [6.07, 6.45) is 0. The molecular formula is C14H9BrFIO3. The number of benzene rings is 2. The van der Waals surface area contributed by atoms with Gasteiger partial charge in [0.1, 0.15) is 18.2 Å². The lowest BCUT2D eigenvalue weighted by molar-refractivity contribution is 0.0696. The molecule has 0 aliphatic carbocycles. The molecule has 0 fully saturated rings. The largest absolute Gasteiger partial charge is 0.488 e. The first-order valence-electron chi connectivity index (χ1n) is 5.57. The topological polar surface area (TPSA) is 46.5 Å². The second-order valence-corrected chi connectivity index (χ2v) is 5.99. The molecule has 0 bridgehead atoms. The molecular weight excluding hydrogens is 442 g/mol. The summed E-state index contributed by atoms with van der Waals surface area (Å²) < 4.78 is 20.3. The molecule has 0 atom stereocenters. The molecule has 0 aliphatic rings. The van der Waals surface area contributed by atoms with E-state index in [2.05, 4.69) is 38.5 Å². The maximum Gasteiger partial charge on any atom is 0.335 e. The van der Waals surface area contributed by atoms with Crippen LogP contribution in [0.5, 0.6) is 5.75 Å². The van der Waals surface area contributed by atoms with Crippen molar-refractivity contribution in [1.82, 2.24) is 0 Å². The van der Waals surface area contributed by atoms with E-state index < -0.39 is 5.97 Å². The Morgan fingerprint density at radius 1 is 1.30 bits per heavy atom. The van der Waals surface area contributed by atoms with Gasteiger partial charge in [-0.3, -0.25) is 0 Å². The smallest absolute Gasteiger partial charge is 0.335 e. The van der Waals surface area contributed by atoms with Crippen LogP contribution >= 0.6 is 38.5 Å². The van der Waals surface area contributed by atoms with Gasteiger partial charge in [0.05, 0.1) is 9.13 Å². The van der Waals surface area contributed by atoms with Gasteiger partial charge in [0.15, 0.2) is 0 Å². The van der Waals surface area contributed by atoms with Crippen molar-refractivity contribution in [2.75, 3.05) is 0 Å². The summed E-state index contributed by atoms with van der Waals surface area (Å²) in [7, 11) is 0. The van der Waals surface area contributed by atoms with E-state index in [-0.39, 0.29) is 18.0 Å². The molecule has 0 heterocycles. The van der Waals surface area contributed by atoms with Gasteiger partial charge in [-0.15, -0.1) is 0 Å². The number of rotatable bonds is 4. The lowest BCUT2D eigenvalue weighted by atomic mass is 10.2. The monoisotopic (exact) mass is 450 g/mol. The van der Waals surface area contributed by atoms with Crippen LogP contribution in [0.25, 0.3) is 0 Å². The highest BCUT2D eigenvalue weighted by atomic mass is 127. The van der Waals surface area contributed by atoms with Crippen molar-refractivity contribution < 1.29 is 19.0 Å². The van der Waals surface area contributed by atoms with Crippen LogP contribution in [0, 0.1) is 9.39 Å². The third-order valence-corrected chi connectivity index (χ3v) is 4.23. The van der Waals surface area contributed by atoms with Crippen molar-refractivity contribution in [2.45, 2.75) is 6.61 Å². The minimum Gasteiger partial charge on any atom is -0.488 e. The lowest BCUT2D eigenvalue weighted by Crippen LogP contribution is -2.01. The number of hydrogen-bond donors (Lipinski definition) is 1. The number of carbonyl (C=O) groups is 1. The zero-order valence-electron chi connectivity index (χ0n) is 10.1. The Kier molecular flexibility index (Phi) is 4.98. The molecule has 0 radical (unpaired) electrons. The van der Waals surface area contributed by atoms with Gasteiger partial charge in [-0.1, -0.05) is 15.9 Å². The number of ether oxygens (including phenoxy) is 1. The van der Waals surface area contributed by atoms with Crippen LogP contribution in [0.1, 0.15) is 15.9 Å². The fraction of sp³-hybridized carbons (Fsp3) is 0.0714. The van der Waals surface area contributed by atoms with Crippen molar-refractivity contribution in [2.24, 2.45) is 0 Å². The van der Waals surface area contributed by atoms with E-state index in [4.69, 9.17) is 9.84 Å². The van der Waals surface area contributed by atoms with Crippen LogP contribution in [-0.4, -0.2) is 11.1 Å². The first-order valence-corrected chi connectivity index (χ1v) is 7.44. The van der Waals surface area contributed by atoms with Gasteiger partial charge in [-0.2, -0.15) is 0 Å². The molecule has 6 heteroatoms. The summed E-state index contributed by atoms with van der Waals surface area (Å²) in [6.45, 7) is 0.150. The summed E-state index contributed by atoms with van der Waals surface area (Å²) in [5, 5.41) is 8.95. The normalized spacial score (nSPS) is 10.3. The van der Waals surface area contributed by atoms with Gasteiger partial charge in [0, 0.05) is 10.0 Å². The number of hydrogen-bond acceptors (Lipinski definition) is 2. The molecule has 2 rings (SSSR count). The summed E-state index contributed by atoms with van der Waals surface area (Å²) in [5.74, 6) is -0.902. The second-order valence-electron chi connectivity index (χ2n) is 3.97. The molecule has 20 heavy (non-hydrogen) atoms. The van der Waals surface area contributed by atoms with E-state index in [0.717, 1.165) is 8.04 Å². The minimum absolute atomic E-state index is 0.150. The van der Waals surface area contributed by atoms with Gasteiger partial charge in [-0.05, 0) is 59.0 Å². The van der Waals surface area contributed by atoms with Crippen molar-refractivity contribution >= 4 is 44.5 Å². The van der Waals surface area contributed by atoms with Gasteiger partial charge >= 0.3 is 5.97 Å². The van der Waals surface area contributed by atoms with E-state index in [0.29, 0.717) is 11.3 Å². The van der Waals surface area contributed by atoms with Crippen molar-refractivity contribution in [3.05, 3.63) is 61.4 Å². The molecule has 104 valence electrons. The Balaban J connectivity index is 2.20. The molecule has 0 saturated heterocycles. The minimum atomic E-state index is -1.02. The predicted octanol–water partition coefficient (Wildman–Crippen LogP) is 4.47. The third kappa shape index (κ3) is 3.69. The van der Waals surface area contributed by atoms with E-state index in [1.807, 2.05) is 0 Å². The Morgan fingerprint density at radius 2 is 2.05 bits per heavy atom. The molecule has 3 nitrogen and oxygen atoms in total. The van der Waals surface area contributed by atoms with Gasteiger partial charge < -0.3 is 9.84 Å². The van der Waals surface area contributed by atoms with Crippen molar-refractivity contribution in [3.8, 4) is 5.75 Å². The number of aromatic carboxylic acids is 1. The highest BCUT2D eigenvalue weighted by molar-refractivity contribution is 14.1. The van der Waals surface area contributed by atoms with Crippen LogP contribution in [0.3, 0.4) is 0 Å². The maximum atomic E-state index is 13.2. The molecule has 2 aromatic rings. The number of halogens is 3. The fourth-order valence-electron chi connectivity index (χ4n) is 1.56. The number of carboxylic acid groups (broad SMARTS) is 1. The standard InChI is InChI=1S/C14H9BrFIO3/c15-11-3-2-10(16)5-9(11)7-20-13-6-8(14(18)19)1-4-12(13)17/h1-6H,7H2,(H,18,19). The van der Waals surface area contributed by atoms with Crippen LogP contribution in [0.15, 0.2) is 40.9 Å². The number of carboxylic acids is 1. The summed E-state index contributed by atoms with van der Waals surface area (Å²) in [5.41, 5.74) is 0.806. The molecule has 1 N–H and O–H groups in total. The second kappa shape index (κ2) is 6.53. The molecule has 0 unspecified atom stereocenters. The maximum absolute atomic E-state index is 13.2. The Labute approximate surface area is 137 Å². The average Bonchev–Trinajstić information content (AvgIpc) is 2.41. The van der Waals surface area contributed by atoms with Crippen LogP contribution in [0.2, 0.25) is 0 Å². The molecule has 0 amide bonds. The third-order valence-electron chi connectivity index (χ3n) is 2.57. The molecule has 0 spiro atoms. The Hall–Kier alpha value is -1.15. The van der Waals surface area contributed by atoms with Crippen LogP contribution in [0.4, 0.5) is 4.39 Å². The molecule has 0 saturated carbocycles. The van der Waals surface area contributed by atoms with E-state index >= 15 is 0 Å². The Bertz CT molecular complexity index is 661. The van der Waals surface area contributed by atoms with Crippen molar-refractivity contribution in [3.63, 3.8) is 0 Å². The first kappa shape index (κ1) is 15.2. The Morgan fingerprint density at radius 3 is 2.75 bits per heavy atom. The zero-order chi connectivity index (χ0) is 14.7. The first-order chi connectivity index (χ1) is 9.47. The van der Waals surface area contributed by atoms with Gasteiger partial charge in [0.2, 0.25) is 0 Å².